The standard InChI is InChI=1S/C11H22N4O3S/c1-4-6-15-7-10(11(12)13-15)19(16,17)14-9(5-2)8-18-3/h7,9,14H,4-6,8H2,1-3H3,(H2,12,13). The first kappa shape index (κ1) is 15.9. The molecule has 7 nitrogen and oxygen atoms in total. The molecule has 8 heteroatoms. The minimum Gasteiger partial charge on any atom is -0.383 e. The van der Waals surface area contributed by atoms with Crippen LogP contribution in [-0.4, -0.2) is 38.0 Å². The zero-order valence-corrected chi connectivity index (χ0v) is 12.4. The zero-order chi connectivity index (χ0) is 14.5. The minimum atomic E-state index is -3.66. The quantitative estimate of drug-likeness (QED) is 0.729. The van der Waals surface area contributed by atoms with Gasteiger partial charge in [0.15, 0.2) is 5.82 Å². The van der Waals surface area contributed by atoms with Crippen molar-refractivity contribution in [2.45, 2.75) is 44.2 Å². The number of hydrogen-bond acceptors (Lipinski definition) is 5. The topological polar surface area (TPSA) is 99.2 Å². The van der Waals surface area contributed by atoms with E-state index in [0.717, 1.165) is 6.42 Å². The third kappa shape index (κ3) is 4.19. The van der Waals surface area contributed by atoms with Crippen molar-refractivity contribution in [2.75, 3.05) is 19.5 Å². The van der Waals surface area contributed by atoms with Crippen LogP contribution in [0.1, 0.15) is 26.7 Å². The van der Waals surface area contributed by atoms with E-state index in [0.29, 0.717) is 19.6 Å². The molecular weight excluding hydrogens is 268 g/mol. The molecule has 0 saturated heterocycles. The maximum absolute atomic E-state index is 12.2. The number of rotatable bonds is 8. The highest BCUT2D eigenvalue weighted by Crippen LogP contribution is 2.17. The van der Waals surface area contributed by atoms with Gasteiger partial charge in [-0.05, 0) is 12.8 Å². The summed E-state index contributed by atoms with van der Waals surface area (Å²) >= 11 is 0. The summed E-state index contributed by atoms with van der Waals surface area (Å²) < 4.78 is 33.5. The lowest BCUT2D eigenvalue weighted by Crippen LogP contribution is -2.37. The van der Waals surface area contributed by atoms with E-state index in [9.17, 15) is 8.42 Å². The fraction of sp³-hybridized carbons (Fsp3) is 0.727. The molecule has 0 aliphatic rings. The van der Waals surface area contributed by atoms with Crippen LogP contribution in [-0.2, 0) is 21.3 Å². The highest BCUT2D eigenvalue weighted by Gasteiger charge is 2.24. The van der Waals surface area contributed by atoms with Crippen LogP contribution in [0.2, 0.25) is 0 Å². The van der Waals surface area contributed by atoms with Gasteiger partial charge in [0.2, 0.25) is 10.0 Å². The molecule has 1 unspecified atom stereocenters. The number of anilines is 1. The van der Waals surface area contributed by atoms with E-state index in [1.165, 1.54) is 13.3 Å². The summed E-state index contributed by atoms with van der Waals surface area (Å²) in [6.45, 7) is 4.82. The number of nitrogens with two attached hydrogens (primary N) is 1. The highest BCUT2D eigenvalue weighted by atomic mass is 32.2. The van der Waals surface area contributed by atoms with E-state index in [1.807, 2.05) is 13.8 Å². The van der Waals surface area contributed by atoms with Gasteiger partial charge in [-0.1, -0.05) is 13.8 Å². The molecule has 0 radical (unpaired) electrons. The average Bonchev–Trinajstić information content (AvgIpc) is 2.71. The van der Waals surface area contributed by atoms with Crippen molar-refractivity contribution in [2.24, 2.45) is 0 Å². The number of hydrogen-bond donors (Lipinski definition) is 2. The van der Waals surface area contributed by atoms with Gasteiger partial charge >= 0.3 is 0 Å². The monoisotopic (exact) mass is 290 g/mol. The molecule has 1 atom stereocenters. The number of aromatic nitrogens is 2. The Morgan fingerprint density at radius 1 is 1.53 bits per heavy atom. The predicted octanol–water partition coefficient (Wildman–Crippen LogP) is 0.579. The summed E-state index contributed by atoms with van der Waals surface area (Å²) in [4.78, 5) is 0.0236. The molecule has 1 aromatic heterocycles. The van der Waals surface area contributed by atoms with Gasteiger partial charge in [-0.25, -0.2) is 13.1 Å². The van der Waals surface area contributed by atoms with Crippen LogP contribution in [0.25, 0.3) is 0 Å². The van der Waals surface area contributed by atoms with Gasteiger partial charge in [-0.15, -0.1) is 0 Å². The van der Waals surface area contributed by atoms with Crippen molar-refractivity contribution in [1.29, 1.82) is 0 Å². The Balaban J connectivity index is 2.93. The Kier molecular flexibility index (Phi) is 5.77. The van der Waals surface area contributed by atoms with E-state index in [1.54, 1.807) is 4.68 Å². The van der Waals surface area contributed by atoms with Crippen molar-refractivity contribution in [3.8, 4) is 0 Å². The summed E-state index contributed by atoms with van der Waals surface area (Å²) in [5.74, 6) is 0.0215. The smallest absolute Gasteiger partial charge is 0.246 e. The van der Waals surface area contributed by atoms with Gasteiger partial charge in [0.1, 0.15) is 4.90 Å². The van der Waals surface area contributed by atoms with Gasteiger partial charge in [-0.3, -0.25) is 4.68 Å². The molecular formula is C11H22N4O3S. The summed E-state index contributed by atoms with van der Waals surface area (Å²) in [6, 6.07) is -0.274. The number of nitrogens with one attached hydrogen (secondary N) is 1. The fourth-order valence-electron chi connectivity index (χ4n) is 1.69. The lowest BCUT2D eigenvalue weighted by molar-refractivity contribution is 0.173. The van der Waals surface area contributed by atoms with E-state index in [-0.39, 0.29) is 16.8 Å². The Bertz CT molecular complexity index is 498. The van der Waals surface area contributed by atoms with E-state index in [4.69, 9.17) is 10.5 Å². The minimum absolute atomic E-state index is 0.0215. The SMILES string of the molecule is CCCn1cc(S(=O)(=O)NC(CC)COC)c(N)n1. The lowest BCUT2D eigenvalue weighted by Gasteiger charge is -2.15. The molecule has 0 aromatic carbocycles. The molecule has 1 heterocycles. The zero-order valence-electron chi connectivity index (χ0n) is 11.6. The predicted molar refractivity (Wildman–Crippen MR) is 73.2 cm³/mol. The van der Waals surface area contributed by atoms with E-state index in [2.05, 4.69) is 9.82 Å². The number of methoxy groups -OCH3 is 1. The van der Waals surface area contributed by atoms with Gasteiger partial charge < -0.3 is 10.5 Å². The van der Waals surface area contributed by atoms with Crippen LogP contribution >= 0.6 is 0 Å². The molecule has 3 N–H and O–H groups in total. The Morgan fingerprint density at radius 3 is 2.74 bits per heavy atom. The van der Waals surface area contributed by atoms with Crippen molar-refractivity contribution in [3.05, 3.63) is 6.20 Å². The molecule has 1 rings (SSSR count). The molecule has 1 aromatic rings. The molecule has 110 valence electrons. The maximum Gasteiger partial charge on any atom is 0.246 e. The number of aryl methyl sites for hydroxylation is 1. The van der Waals surface area contributed by atoms with Crippen LogP contribution in [0.3, 0.4) is 0 Å². The van der Waals surface area contributed by atoms with Crippen molar-refractivity contribution in [1.82, 2.24) is 14.5 Å². The third-order valence-electron chi connectivity index (χ3n) is 2.68. The molecule has 0 bridgehead atoms. The van der Waals surface area contributed by atoms with Crippen molar-refractivity contribution in [3.63, 3.8) is 0 Å². The first-order valence-electron chi connectivity index (χ1n) is 6.28. The number of nitrogens with zero attached hydrogens (tertiary/aromatic N) is 2. The van der Waals surface area contributed by atoms with E-state index < -0.39 is 10.0 Å². The molecule has 0 fully saturated rings. The Labute approximate surface area is 114 Å². The molecule has 0 amide bonds. The lowest BCUT2D eigenvalue weighted by atomic mass is 10.3. The largest absolute Gasteiger partial charge is 0.383 e. The second-order valence-electron chi connectivity index (χ2n) is 4.32. The van der Waals surface area contributed by atoms with Crippen molar-refractivity contribution < 1.29 is 13.2 Å². The maximum atomic E-state index is 12.2. The van der Waals surface area contributed by atoms with Crippen LogP contribution in [0, 0.1) is 0 Å². The molecule has 19 heavy (non-hydrogen) atoms. The first-order chi connectivity index (χ1) is 8.94. The summed E-state index contributed by atoms with van der Waals surface area (Å²) in [5.41, 5.74) is 5.67. The third-order valence-corrected chi connectivity index (χ3v) is 4.22. The highest BCUT2D eigenvalue weighted by molar-refractivity contribution is 7.89. The second-order valence-corrected chi connectivity index (χ2v) is 6.01. The number of sulfonamides is 1. The number of nitrogen functional groups attached to an aromatic ring is 1. The summed E-state index contributed by atoms with van der Waals surface area (Å²) in [7, 11) is -2.13. The van der Waals surface area contributed by atoms with E-state index >= 15 is 0 Å². The fourth-order valence-corrected chi connectivity index (χ4v) is 3.07. The summed E-state index contributed by atoms with van der Waals surface area (Å²) in [6.07, 6.45) is 2.95. The normalized spacial score (nSPS) is 13.6. The van der Waals surface area contributed by atoms with Gasteiger partial charge in [0, 0.05) is 25.9 Å². The van der Waals surface area contributed by atoms with Crippen LogP contribution in [0.4, 0.5) is 5.82 Å². The second kappa shape index (κ2) is 6.88. The summed E-state index contributed by atoms with van der Waals surface area (Å²) in [5, 5.41) is 3.99. The molecule has 0 spiro atoms. The Morgan fingerprint density at radius 2 is 2.21 bits per heavy atom. The molecule has 0 aliphatic heterocycles. The van der Waals surface area contributed by atoms with Crippen LogP contribution < -0.4 is 10.5 Å². The first-order valence-corrected chi connectivity index (χ1v) is 7.77. The van der Waals surface area contributed by atoms with Gasteiger partial charge in [0.25, 0.3) is 0 Å². The van der Waals surface area contributed by atoms with Crippen molar-refractivity contribution >= 4 is 15.8 Å². The number of ether oxygens (including phenoxy) is 1. The van der Waals surface area contributed by atoms with Crippen LogP contribution in [0.5, 0.6) is 0 Å². The molecule has 0 aliphatic carbocycles. The van der Waals surface area contributed by atoms with Gasteiger partial charge in [-0.2, -0.15) is 5.10 Å². The van der Waals surface area contributed by atoms with Crippen LogP contribution in [0.15, 0.2) is 11.1 Å². The Hall–Kier alpha value is -1.12. The molecule has 0 saturated carbocycles. The average molecular weight is 290 g/mol. The van der Waals surface area contributed by atoms with Gasteiger partial charge in [0.05, 0.1) is 6.61 Å².